The first-order valence-electron chi connectivity index (χ1n) is 12.4. The molecule has 0 saturated carbocycles. The highest BCUT2D eigenvalue weighted by atomic mass is 32.2. The van der Waals surface area contributed by atoms with Gasteiger partial charge in [0.25, 0.3) is 0 Å². The van der Waals surface area contributed by atoms with Gasteiger partial charge >= 0.3 is 0 Å². The highest BCUT2D eigenvalue weighted by Gasteiger charge is 2.39. The Bertz CT molecular complexity index is 1350. The number of fused-ring (bicyclic) bond motifs is 1. The second kappa shape index (κ2) is 10.00. The van der Waals surface area contributed by atoms with Gasteiger partial charge in [-0.1, -0.05) is 6.07 Å². The molecule has 0 radical (unpaired) electrons. The molecule has 2 aromatic rings. The Kier molecular flexibility index (Phi) is 6.91. The summed E-state index contributed by atoms with van der Waals surface area (Å²) in [4.78, 5) is 15.7. The number of benzene rings is 2. The fourth-order valence-electron chi connectivity index (χ4n) is 5.37. The van der Waals surface area contributed by atoms with E-state index in [0.717, 1.165) is 33.6 Å². The third-order valence-electron chi connectivity index (χ3n) is 7.33. The Morgan fingerprint density at radius 1 is 1.00 bits per heavy atom. The molecule has 3 aliphatic heterocycles. The van der Waals surface area contributed by atoms with E-state index in [1.54, 1.807) is 19.2 Å². The predicted octanol–water partition coefficient (Wildman–Crippen LogP) is 2.23. The first-order valence-corrected chi connectivity index (χ1v) is 13.8. The van der Waals surface area contributed by atoms with E-state index in [1.165, 1.54) is 10.4 Å². The van der Waals surface area contributed by atoms with Crippen LogP contribution >= 0.6 is 0 Å². The maximum absolute atomic E-state index is 13.7. The van der Waals surface area contributed by atoms with Crippen molar-refractivity contribution in [3.63, 3.8) is 0 Å². The summed E-state index contributed by atoms with van der Waals surface area (Å²) >= 11 is 0. The monoisotopic (exact) mass is 527 g/mol. The van der Waals surface area contributed by atoms with Crippen molar-refractivity contribution in [3.05, 3.63) is 58.2 Å². The molecule has 3 heterocycles. The van der Waals surface area contributed by atoms with E-state index in [9.17, 15) is 13.2 Å². The summed E-state index contributed by atoms with van der Waals surface area (Å²) in [6, 6.07) is 8.74. The molecule has 1 amide bonds. The van der Waals surface area contributed by atoms with E-state index in [1.807, 2.05) is 37.9 Å². The number of sulfonamides is 1. The van der Waals surface area contributed by atoms with E-state index in [4.69, 9.17) is 14.2 Å². The van der Waals surface area contributed by atoms with Crippen LogP contribution in [0.3, 0.4) is 0 Å². The number of hydrogen-bond donors (Lipinski definition) is 1. The number of carbonyl (C=O) groups excluding carboxylic acids is 1. The molecule has 1 unspecified atom stereocenters. The molecule has 0 aromatic heterocycles. The van der Waals surface area contributed by atoms with Crippen molar-refractivity contribution in [3.8, 4) is 17.2 Å². The number of amides is 1. The van der Waals surface area contributed by atoms with Gasteiger partial charge in [-0.3, -0.25) is 4.79 Å². The summed E-state index contributed by atoms with van der Waals surface area (Å²) in [6.45, 7) is 6.78. The topological polar surface area (TPSA) is 97.4 Å². The first kappa shape index (κ1) is 25.6. The van der Waals surface area contributed by atoms with Crippen molar-refractivity contribution in [2.75, 3.05) is 60.1 Å². The molecule has 2 aromatic carbocycles. The van der Waals surface area contributed by atoms with Crippen LogP contribution < -0.4 is 19.5 Å². The van der Waals surface area contributed by atoms with Gasteiger partial charge in [0.2, 0.25) is 15.9 Å². The molecule has 1 N–H and O–H groups in total. The fraction of sp³-hybridized carbons (Fsp3) is 0.444. The van der Waals surface area contributed by atoms with E-state index >= 15 is 0 Å². The largest absolute Gasteiger partial charge is 0.496 e. The molecule has 3 aliphatic rings. The molecule has 0 saturated heterocycles. The lowest BCUT2D eigenvalue weighted by atomic mass is 9.91. The number of hydrogen-bond acceptors (Lipinski definition) is 7. The maximum Gasteiger partial charge on any atom is 0.243 e. The molecule has 5 rings (SSSR count). The summed E-state index contributed by atoms with van der Waals surface area (Å²) in [6.07, 6.45) is 0. The Morgan fingerprint density at radius 3 is 2.32 bits per heavy atom. The highest BCUT2D eigenvalue weighted by molar-refractivity contribution is 7.89. The minimum atomic E-state index is -3.71. The number of likely N-dealkylation sites (N-methyl/N-ethyl adjacent to an activating group) is 1. The number of methoxy groups -OCH3 is 1. The zero-order chi connectivity index (χ0) is 26.3. The molecule has 10 heteroatoms. The third-order valence-corrected chi connectivity index (χ3v) is 9.11. The molecule has 0 aliphatic carbocycles. The van der Waals surface area contributed by atoms with Gasteiger partial charge < -0.3 is 24.4 Å². The summed E-state index contributed by atoms with van der Waals surface area (Å²) < 4.78 is 44.7. The number of ether oxygens (including phenoxy) is 3. The summed E-state index contributed by atoms with van der Waals surface area (Å²) in [5.41, 5.74) is 4.97. The van der Waals surface area contributed by atoms with Gasteiger partial charge in [-0.15, -0.1) is 0 Å². The lowest BCUT2D eigenvalue weighted by Crippen LogP contribution is -2.40. The van der Waals surface area contributed by atoms with Crippen LogP contribution in [0.2, 0.25) is 0 Å². The van der Waals surface area contributed by atoms with Crippen LogP contribution in [-0.2, 0) is 14.8 Å². The zero-order valence-electron chi connectivity index (χ0n) is 21.7. The Labute approximate surface area is 218 Å². The average molecular weight is 528 g/mol. The van der Waals surface area contributed by atoms with Crippen LogP contribution in [-0.4, -0.2) is 83.6 Å². The SMILES string of the molecule is CNCC(C(=O)N1CC2=C(C1)CN(S(=O)(=O)c1ccc3c(c1)OCCO3)C2)c1cc(C)c(OC)cc1C. The van der Waals surface area contributed by atoms with E-state index in [0.29, 0.717) is 44.3 Å². The van der Waals surface area contributed by atoms with E-state index < -0.39 is 10.0 Å². The van der Waals surface area contributed by atoms with Crippen molar-refractivity contribution in [1.29, 1.82) is 0 Å². The van der Waals surface area contributed by atoms with Crippen molar-refractivity contribution in [2.45, 2.75) is 24.7 Å². The zero-order valence-corrected chi connectivity index (χ0v) is 22.5. The number of aryl methyl sites for hydroxylation is 2. The summed E-state index contributed by atoms with van der Waals surface area (Å²) in [5, 5.41) is 3.16. The lowest BCUT2D eigenvalue weighted by molar-refractivity contribution is -0.131. The quantitative estimate of drug-likeness (QED) is 0.552. The second-order valence-electron chi connectivity index (χ2n) is 9.77. The van der Waals surface area contributed by atoms with Crippen molar-refractivity contribution >= 4 is 15.9 Å². The molecule has 198 valence electrons. The highest BCUT2D eigenvalue weighted by Crippen LogP contribution is 2.36. The molecule has 0 spiro atoms. The Balaban J connectivity index is 1.29. The average Bonchev–Trinajstić information content (AvgIpc) is 3.48. The van der Waals surface area contributed by atoms with E-state index in [-0.39, 0.29) is 29.8 Å². The van der Waals surface area contributed by atoms with Crippen molar-refractivity contribution in [1.82, 2.24) is 14.5 Å². The molecule has 1 atom stereocenters. The first-order chi connectivity index (χ1) is 17.7. The molecule has 9 nitrogen and oxygen atoms in total. The van der Waals surface area contributed by atoms with Gasteiger partial charge in [0.1, 0.15) is 19.0 Å². The summed E-state index contributed by atoms with van der Waals surface area (Å²) in [7, 11) is -0.219. The molecule has 0 bridgehead atoms. The molecule has 37 heavy (non-hydrogen) atoms. The maximum atomic E-state index is 13.7. The minimum absolute atomic E-state index is 0.0395. The van der Waals surface area contributed by atoms with Gasteiger partial charge in [0.05, 0.1) is 17.9 Å². The van der Waals surface area contributed by atoms with Crippen molar-refractivity contribution in [2.24, 2.45) is 0 Å². The number of rotatable bonds is 7. The van der Waals surface area contributed by atoms with Crippen LogP contribution in [0.25, 0.3) is 0 Å². The number of nitrogens with zero attached hydrogens (tertiary/aromatic N) is 2. The molecule has 0 fully saturated rings. The van der Waals surface area contributed by atoms with Crippen LogP contribution in [0.5, 0.6) is 17.2 Å². The number of nitrogens with one attached hydrogen (secondary N) is 1. The van der Waals surface area contributed by atoms with Gasteiger partial charge in [-0.2, -0.15) is 4.31 Å². The van der Waals surface area contributed by atoms with E-state index in [2.05, 4.69) is 5.32 Å². The minimum Gasteiger partial charge on any atom is -0.496 e. The van der Waals surface area contributed by atoms with Crippen molar-refractivity contribution < 1.29 is 27.4 Å². The normalized spacial score (nSPS) is 18.2. The molecular weight excluding hydrogens is 494 g/mol. The predicted molar refractivity (Wildman–Crippen MR) is 139 cm³/mol. The Hall–Kier alpha value is -3.08. The Morgan fingerprint density at radius 2 is 1.68 bits per heavy atom. The van der Waals surface area contributed by atoms with Gasteiger partial charge in [-0.25, -0.2) is 8.42 Å². The smallest absolute Gasteiger partial charge is 0.243 e. The van der Waals surface area contributed by atoms with Crippen LogP contribution in [0.4, 0.5) is 0 Å². The fourth-order valence-corrected chi connectivity index (χ4v) is 6.81. The second-order valence-corrected chi connectivity index (χ2v) is 11.7. The van der Waals surface area contributed by atoms with Crippen LogP contribution in [0, 0.1) is 13.8 Å². The number of carbonyl (C=O) groups is 1. The summed E-state index contributed by atoms with van der Waals surface area (Å²) in [5.74, 6) is 1.51. The van der Waals surface area contributed by atoms with Crippen LogP contribution in [0.1, 0.15) is 22.6 Å². The standard InChI is InChI=1S/C27H33N3O6S/c1-17-10-25(34-4)18(2)9-22(17)23(12-28-3)27(31)29-13-19-15-30(16-20(19)14-29)37(32,33)21-5-6-24-26(11-21)36-8-7-35-24/h5-6,9-11,23,28H,7-8,12-16H2,1-4H3. The molecular formula is C27H33N3O6S. The van der Waals surface area contributed by atoms with Gasteiger partial charge in [0, 0.05) is 38.8 Å². The third kappa shape index (κ3) is 4.69. The van der Waals surface area contributed by atoms with Gasteiger partial charge in [-0.05, 0) is 66.9 Å². The van der Waals surface area contributed by atoms with Gasteiger partial charge in [0.15, 0.2) is 11.5 Å². The van der Waals surface area contributed by atoms with Crippen LogP contribution in [0.15, 0.2) is 46.4 Å². The lowest BCUT2D eigenvalue weighted by Gasteiger charge is -2.28.